The molecule has 0 aliphatic rings. The second-order valence-corrected chi connectivity index (χ2v) is 1.84. The molecule has 0 spiro atoms. The second-order valence-electron chi connectivity index (χ2n) is 1.84. The van der Waals surface area contributed by atoms with E-state index in [0.717, 1.165) is 6.42 Å². The first kappa shape index (κ1) is 12.5. The van der Waals surface area contributed by atoms with E-state index in [-0.39, 0.29) is 26.9 Å². The van der Waals surface area contributed by atoms with E-state index in [0.29, 0.717) is 0 Å². The van der Waals surface area contributed by atoms with Crippen molar-refractivity contribution in [2.24, 2.45) is 0 Å². The van der Waals surface area contributed by atoms with Crippen LogP contribution < -0.4 is 0 Å². The van der Waals surface area contributed by atoms with E-state index < -0.39 is 0 Å². The van der Waals surface area contributed by atoms with Gasteiger partial charge in [-0.1, -0.05) is 37.3 Å². The number of hydrogen-bond acceptors (Lipinski definition) is 0. The van der Waals surface area contributed by atoms with Gasteiger partial charge in [0.1, 0.15) is 0 Å². The van der Waals surface area contributed by atoms with Crippen LogP contribution in [0, 0.1) is 7.43 Å². The molecule has 0 heterocycles. The van der Waals surface area contributed by atoms with E-state index in [2.05, 4.69) is 31.2 Å². The zero-order valence-electron chi connectivity index (χ0n) is 6.80. The fourth-order valence-corrected chi connectivity index (χ4v) is 0.714. The molecule has 52 valence electrons. The van der Waals surface area contributed by atoms with Crippen molar-refractivity contribution in [2.75, 3.05) is 0 Å². The minimum Gasteiger partial charge on any atom is -0.358 e. The van der Waals surface area contributed by atoms with Crippen molar-refractivity contribution < 1.29 is 19.5 Å². The molecule has 0 saturated heterocycles. The molecule has 1 heteroatoms. The van der Waals surface area contributed by atoms with Gasteiger partial charge in [-0.25, -0.2) is 0 Å². The quantitative estimate of drug-likeness (QED) is 0.467. The number of aryl methyl sites for hydroxylation is 1. The monoisotopic (exact) mass is 185 g/mol. The normalized spacial score (nSPS) is 7.30. The fourth-order valence-electron chi connectivity index (χ4n) is 0.714. The average molecular weight is 187 g/mol. The summed E-state index contributed by atoms with van der Waals surface area (Å²) in [7, 11) is 0. The summed E-state index contributed by atoms with van der Waals surface area (Å²) in [6.07, 6.45) is 1.14. The fraction of sp³-hybridized carbons (Fsp3) is 0.222. The zero-order chi connectivity index (χ0) is 5.82. The third-order valence-corrected chi connectivity index (χ3v) is 1.25. The first-order valence-corrected chi connectivity index (χ1v) is 2.97. The number of rotatable bonds is 1. The van der Waals surface area contributed by atoms with E-state index in [4.69, 9.17) is 0 Å². The Labute approximate surface area is 76.4 Å². The summed E-state index contributed by atoms with van der Waals surface area (Å²) < 4.78 is 0. The second kappa shape index (κ2) is 6.96. The maximum absolute atomic E-state index is 2.16. The van der Waals surface area contributed by atoms with Crippen LogP contribution >= 0.6 is 0 Å². The zero-order valence-corrected chi connectivity index (χ0v) is 9.77. The Balaban J connectivity index is 0. The molecule has 0 aliphatic carbocycles. The Morgan fingerprint density at radius 3 is 1.90 bits per heavy atom. The van der Waals surface area contributed by atoms with E-state index in [1.165, 1.54) is 5.56 Å². The molecule has 0 saturated carbocycles. The van der Waals surface area contributed by atoms with Crippen LogP contribution in [-0.4, -0.2) is 0 Å². The van der Waals surface area contributed by atoms with E-state index >= 15 is 0 Å². The van der Waals surface area contributed by atoms with E-state index in [9.17, 15) is 0 Å². The molecule has 1 rings (SSSR count). The molecule has 0 fully saturated rings. The number of benzene rings is 1. The number of hydrogen-bond donors (Lipinski definition) is 0. The summed E-state index contributed by atoms with van der Waals surface area (Å²) in [5.41, 5.74) is 1.41. The summed E-state index contributed by atoms with van der Waals surface area (Å²) in [6, 6.07) is 10.5. The van der Waals surface area contributed by atoms with Crippen LogP contribution in [0.4, 0.5) is 0 Å². The van der Waals surface area contributed by atoms with Gasteiger partial charge in [-0.2, -0.15) is 0 Å². The van der Waals surface area contributed by atoms with Crippen molar-refractivity contribution in [3.05, 3.63) is 43.3 Å². The third-order valence-electron chi connectivity index (χ3n) is 1.25. The van der Waals surface area contributed by atoms with Crippen LogP contribution in [0.15, 0.2) is 30.3 Å². The molecule has 0 amide bonds. The smallest absolute Gasteiger partial charge is 0 e. The van der Waals surface area contributed by atoms with Gasteiger partial charge < -0.3 is 7.43 Å². The van der Waals surface area contributed by atoms with Crippen LogP contribution in [-0.2, 0) is 25.9 Å². The average Bonchev–Trinajstić information content (AvgIpc) is 1.90. The summed E-state index contributed by atoms with van der Waals surface area (Å²) in [5, 5.41) is 0. The van der Waals surface area contributed by atoms with Gasteiger partial charge in [0.15, 0.2) is 0 Å². The van der Waals surface area contributed by atoms with Gasteiger partial charge >= 0.3 is 0 Å². The van der Waals surface area contributed by atoms with Crippen LogP contribution in [0.3, 0.4) is 0 Å². The molecule has 1 aromatic carbocycles. The molecule has 0 bridgehead atoms. The van der Waals surface area contributed by atoms with Crippen LogP contribution in [0.5, 0.6) is 0 Å². The summed E-state index contributed by atoms with van der Waals surface area (Å²) >= 11 is 0. The van der Waals surface area contributed by atoms with Gasteiger partial charge in [0, 0.05) is 19.5 Å². The Kier molecular flexibility index (Phi) is 8.70. The minimum absolute atomic E-state index is 0. The maximum atomic E-state index is 2.16. The van der Waals surface area contributed by atoms with Gasteiger partial charge in [0.25, 0.3) is 0 Å². The summed E-state index contributed by atoms with van der Waals surface area (Å²) in [4.78, 5) is 0. The molecule has 10 heavy (non-hydrogen) atoms. The molecule has 0 aromatic heterocycles. The van der Waals surface area contributed by atoms with Crippen LogP contribution in [0.1, 0.15) is 12.5 Å². The molecule has 0 aliphatic heterocycles. The first-order chi connectivity index (χ1) is 3.93. The van der Waals surface area contributed by atoms with Crippen molar-refractivity contribution in [3.8, 4) is 0 Å². The van der Waals surface area contributed by atoms with Gasteiger partial charge in [0.2, 0.25) is 0 Å². The van der Waals surface area contributed by atoms with Crippen molar-refractivity contribution >= 4 is 0 Å². The van der Waals surface area contributed by atoms with Gasteiger partial charge in [-0.15, -0.1) is 0 Å². The van der Waals surface area contributed by atoms with Gasteiger partial charge in [-0.05, 0) is 12.0 Å². The van der Waals surface area contributed by atoms with Crippen LogP contribution in [0.25, 0.3) is 0 Å². The summed E-state index contributed by atoms with van der Waals surface area (Å²) in [6.45, 7) is 2.16. The van der Waals surface area contributed by atoms with Crippen LogP contribution in [0.2, 0.25) is 0 Å². The molecule has 0 N–H and O–H groups in total. The topological polar surface area (TPSA) is 0 Å². The Hall–Kier alpha value is -0.157. The summed E-state index contributed by atoms with van der Waals surface area (Å²) in [5.74, 6) is 0. The Morgan fingerprint density at radius 2 is 1.60 bits per heavy atom. The minimum atomic E-state index is 0. The predicted octanol–water partition coefficient (Wildman–Crippen LogP) is 2.70. The van der Waals surface area contributed by atoms with E-state index in [1.807, 2.05) is 6.07 Å². The van der Waals surface area contributed by atoms with Crippen molar-refractivity contribution in [1.82, 2.24) is 0 Å². The molecular weight excluding hydrogens is 173 g/mol. The largest absolute Gasteiger partial charge is 0.358 e. The van der Waals surface area contributed by atoms with E-state index in [1.54, 1.807) is 0 Å². The molecule has 1 aromatic rings. The van der Waals surface area contributed by atoms with Crippen molar-refractivity contribution in [3.63, 3.8) is 0 Å². The molecule has 0 radical (unpaired) electrons. The molecule has 0 nitrogen and oxygen atoms in total. The standard InChI is InChI=1S/C8H10.CH3.Zn/c1-2-8-6-4-3-5-7-8;;/h3-7H,2H2,1H3;1H3;/q;-1;. The molecule has 0 atom stereocenters. The molecular formula is C9H13Zn-. The SMILES string of the molecule is CCc1ccccc1.[CH3-].[Zn]. The van der Waals surface area contributed by atoms with Gasteiger partial charge in [0.05, 0.1) is 0 Å². The maximum Gasteiger partial charge on any atom is 0 e. The Bertz CT molecular complexity index is 146. The Morgan fingerprint density at radius 1 is 1.10 bits per heavy atom. The first-order valence-electron chi connectivity index (χ1n) is 2.97. The predicted molar refractivity (Wildman–Crippen MR) is 42.2 cm³/mol. The van der Waals surface area contributed by atoms with Gasteiger partial charge in [-0.3, -0.25) is 0 Å². The van der Waals surface area contributed by atoms with Crippen molar-refractivity contribution in [1.29, 1.82) is 0 Å². The van der Waals surface area contributed by atoms with Crippen molar-refractivity contribution in [2.45, 2.75) is 13.3 Å². The molecule has 0 unspecified atom stereocenters. The third kappa shape index (κ3) is 3.79.